The number of hydrogen-bond acceptors (Lipinski definition) is 3. The molecule has 2 rings (SSSR count). The van der Waals surface area contributed by atoms with Crippen LogP contribution in [0.2, 0.25) is 0 Å². The van der Waals surface area contributed by atoms with Crippen molar-refractivity contribution in [1.82, 2.24) is 9.80 Å². The molecule has 0 aliphatic carbocycles. The van der Waals surface area contributed by atoms with Crippen molar-refractivity contribution in [2.24, 2.45) is 0 Å². The molecular weight excluding hydrogens is 302 g/mol. The molecule has 4 nitrogen and oxygen atoms in total. The van der Waals surface area contributed by atoms with E-state index < -0.39 is 11.6 Å². The van der Waals surface area contributed by atoms with E-state index in [1.165, 1.54) is 6.07 Å². The van der Waals surface area contributed by atoms with Gasteiger partial charge in [0.25, 0.3) is 0 Å². The highest BCUT2D eigenvalue weighted by atomic mass is 19.2. The standard InChI is InChI=1S/C17H20F2N2O2/c1-12(13-6-7-15(18)16(19)9-13)20(2)11-17(22)21(3)10-14-5-4-8-23-14/h4-9,12H,10-11H2,1-3H3. The minimum absolute atomic E-state index is 0.0849. The van der Waals surface area contributed by atoms with E-state index in [1.807, 2.05) is 6.92 Å². The Labute approximate surface area is 134 Å². The topological polar surface area (TPSA) is 36.7 Å². The van der Waals surface area contributed by atoms with Crippen molar-refractivity contribution in [3.05, 3.63) is 59.6 Å². The van der Waals surface area contributed by atoms with Gasteiger partial charge < -0.3 is 9.32 Å². The molecular formula is C17H20F2N2O2. The Bertz CT molecular complexity index is 659. The van der Waals surface area contributed by atoms with Crippen LogP contribution in [0.5, 0.6) is 0 Å². The minimum Gasteiger partial charge on any atom is -0.467 e. The Morgan fingerprint density at radius 2 is 1.96 bits per heavy atom. The molecule has 1 heterocycles. The molecule has 0 saturated carbocycles. The maximum Gasteiger partial charge on any atom is 0.236 e. The third-order valence-corrected chi connectivity index (χ3v) is 3.87. The highest BCUT2D eigenvalue weighted by Crippen LogP contribution is 2.20. The van der Waals surface area contributed by atoms with E-state index >= 15 is 0 Å². The van der Waals surface area contributed by atoms with Gasteiger partial charge in [-0.25, -0.2) is 8.78 Å². The monoisotopic (exact) mass is 322 g/mol. The summed E-state index contributed by atoms with van der Waals surface area (Å²) < 4.78 is 31.5. The van der Waals surface area contributed by atoms with E-state index in [9.17, 15) is 13.6 Å². The third kappa shape index (κ3) is 4.39. The summed E-state index contributed by atoms with van der Waals surface area (Å²) in [6.45, 7) is 2.39. The van der Waals surface area contributed by atoms with Crippen molar-refractivity contribution in [3.63, 3.8) is 0 Å². The normalized spacial score (nSPS) is 12.4. The maximum atomic E-state index is 13.3. The van der Waals surface area contributed by atoms with E-state index in [1.54, 1.807) is 42.3 Å². The summed E-state index contributed by atoms with van der Waals surface area (Å²) in [6, 6.07) is 7.14. The Morgan fingerprint density at radius 3 is 2.57 bits per heavy atom. The van der Waals surface area contributed by atoms with Crippen LogP contribution < -0.4 is 0 Å². The second-order valence-corrected chi connectivity index (χ2v) is 5.59. The number of nitrogens with zero attached hydrogens (tertiary/aromatic N) is 2. The number of likely N-dealkylation sites (N-methyl/N-ethyl adjacent to an activating group) is 2. The average Bonchev–Trinajstić information content (AvgIpc) is 3.02. The second-order valence-electron chi connectivity index (χ2n) is 5.59. The van der Waals surface area contributed by atoms with Crippen LogP contribution >= 0.6 is 0 Å². The summed E-state index contributed by atoms with van der Waals surface area (Å²) in [4.78, 5) is 15.6. The molecule has 1 unspecified atom stereocenters. The lowest BCUT2D eigenvalue weighted by Crippen LogP contribution is -2.37. The molecule has 0 radical (unpaired) electrons. The van der Waals surface area contributed by atoms with E-state index in [0.29, 0.717) is 17.9 Å². The predicted octanol–water partition coefficient (Wildman–Crippen LogP) is 3.21. The summed E-state index contributed by atoms with van der Waals surface area (Å²) in [5, 5.41) is 0. The summed E-state index contributed by atoms with van der Waals surface area (Å²) in [6.07, 6.45) is 1.56. The van der Waals surface area contributed by atoms with Crippen LogP contribution in [0.3, 0.4) is 0 Å². The molecule has 6 heteroatoms. The fraction of sp³-hybridized carbons (Fsp3) is 0.353. The number of hydrogen-bond donors (Lipinski definition) is 0. The molecule has 2 aromatic rings. The predicted molar refractivity (Wildman–Crippen MR) is 82.6 cm³/mol. The fourth-order valence-corrected chi connectivity index (χ4v) is 2.22. The summed E-state index contributed by atoms with van der Waals surface area (Å²) in [5.41, 5.74) is 0.618. The smallest absolute Gasteiger partial charge is 0.236 e. The van der Waals surface area contributed by atoms with Gasteiger partial charge in [0, 0.05) is 13.1 Å². The van der Waals surface area contributed by atoms with Crippen molar-refractivity contribution in [3.8, 4) is 0 Å². The van der Waals surface area contributed by atoms with Crippen LogP contribution in [0.25, 0.3) is 0 Å². The third-order valence-electron chi connectivity index (χ3n) is 3.87. The lowest BCUT2D eigenvalue weighted by molar-refractivity contribution is -0.132. The first kappa shape index (κ1) is 17.1. The summed E-state index contributed by atoms with van der Waals surface area (Å²) in [7, 11) is 3.46. The SMILES string of the molecule is CC(c1ccc(F)c(F)c1)N(C)CC(=O)N(C)Cc1ccco1. The largest absolute Gasteiger partial charge is 0.467 e. The van der Waals surface area contributed by atoms with Gasteiger partial charge in [0.15, 0.2) is 11.6 Å². The lowest BCUT2D eigenvalue weighted by atomic mass is 10.1. The molecule has 0 aliphatic rings. The van der Waals surface area contributed by atoms with Gasteiger partial charge in [0.2, 0.25) is 5.91 Å². The van der Waals surface area contributed by atoms with E-state index in [0.717, 1.165) is 12.1 Å². The molecule has 0 N–H and O–H groups in total. The fourth-order valence-electron chi connectivity index (χ4n) is 2.22. The molecule has 1 atom stereocenters. The number of carbonyl (C=O) groups excluding carboxylic acids is 1. The second kappa shape index (κ2) is 7.37. The molecule has 1 aromatic carbocycles. The number of furan rings is 1. The first-order valence-electron chi connectivity index (χ1n) is 7.30. The van der Waals surface area contributed by atoms with Gasteiger partial charge >= 0.3 is 0 Å². The zero-order valence-electron chi connectivity index (χ0n) is 13.4. The molecule has 0 spiro atoms. The van der Waals surface area contributed by atoms with Crippen molar-refractivity contribution in [2.45, 2.75) is 19.5 Å². The molecule has 0 fully saturated rings. The number of benzene rings is 1. The molecule has 0 saturated heterocycles. The zero-order chi connectivity index (χ0) is 17.0. The minimum atomic E-state index is -0.885. The maximum absolute atomic E-state index is 13.3. The Kier molecular flexibility index (Phi) is 5.50. The van der Waals surface area contributed by atoms with Crippen LogP contribution in [0.4, 0.5) is 8.78 Å². The molecule has 0 aliphatic heterocycles. The molecule has 1 amide bonds. The highest BCUT2D eigenvalue weighted by molar-refractivity contribution is 5.77. The first-order chi connectivity index (χ1) is 10.9. The van der Waals surface area contributed by atoms with E-state index in [-0.39, 0.29) is 18.5 Å². The lowest BCUT2D eigenvalue weighted by Gasteiger charge is -2.26. The molecule has 0 bridgehead atoms. The van der Waals surface area contributed by atoms with Crippen LogP contribution in [-0.4, -0.2) is 36.3 Å². The molecule has 1 aromatic heterocycles. The number of carbonyl (C=O) groups is 1. The Balaban J connectivity index is 1.95. The van der Waals surface area contributed by atoms with Crippen molar-refractivity contribution in [2.75, 3.05) is 20.6 Å². The number of amides is 1. The summed E-state index contributed by atoms with van der Waals surface area (Å²) in [5.74, 6) is -1.14. The van der Waals surface area contributed by atoms with Crippen LogP contribution in [0.1, 0.15) is 24.3 Å². The number of halogens is 2. The van der Waals surface area contributed by atoms with Gasteiger partial charge in [-0.3, -0.25) is 9.69 Å². The van der Waals surface area contributed by atoms with Gasteiger partial charge in [0.05, 0.1) is 19.4 Å². The zero-order valence-corrected chi connectivity index (χ0v) is 13.4. The van der Waals surface area contributed by atoms with Crippen molar-refractivity contribution >= 4 is 5.91 Å². The van der Waals surface area contributed by atoms with Crippen LogP contribution in [-0.2, 0) is 11.3 Å². The Morgan fingerprint density at radius 1 is 1.22 bits per heavy atom. The first-order valence-corrected chi connectivity index (χ1v) is 7.30. The molecule has 124 valence electrons. The van der Waals surface area contributed by atoms with Gasteiger partial charge in [-0.1, -0.05) is 6.07 Å². The highest BCUT2D eigenvalue weighted by Gasteiger charge is 2.19. The van der Waals surface area contributed by atoms with Crippen LogP contribution in [0.15, 0.2) is 41.0 Å². The Hall–Kier alpha value is -2.21. The van der Waals surface area contributed by atoms with Crippen molar-refractivity contribution < 1.29 is 18.0 Å². The average molecular weight is 322 g/mol. The van der Waals surface area contributed by atoms with Crippen LogP contribution in [0, 0.1) is 11.6 Å². The number of rotatable bonds is 6. The van der Waals surface area contributed by atoms with Gasteiger partial charge in [-0.15, -0.1) is 0 Å². The van der Waals surface area contributed by atoms with E-state index in [4.69, 9.17) is 4.42 Å². The van der Waals surface area contributed by atoms with Gasteiger partial charge in [-0.05, 0) is 43.8 Å². The van der Waals surface area contributed by atoms with E-state index in [2.05, 4.69) is 0 Å². The molecule has 23 heavy (non-hydrogen) atoms. The van der Waals surface area contributed by atoms with Gasteiger partial charge in [0.1, 0.15) is 5.76 Å². The summed E-state index contributed by atoms with van der Waals surface area (Å²) >= 11 is 0. The van der Waals surface area contributed by atoms with Crippen molar-refractivity contribution in [1.29, 1.82) is 0 Å². The quantitative estimate of drug-likeness (QED) is 0.819. The van der Waals surface area contributed by atoms with Gasteiger partial charge in [-0.2, -0.15) is 0 Å².